The van der Waals surface area contributed by atoms with E-state index in [0.29, 0.717) is 11.8 Å². The van der Waals surface area contributed by atoms with E-state index in [1.807, 2.05) is 17.4 Å². The number of thiophene rings is 1. The Morgan fingerprint density at radius 3 is 2.22 bits per heavy atom. The zero-order valence-electron chi connectivity index (χ0n) is 23.4. The molecular formula is C37H35IrN2S-. The van der Waals surface area contributed by atoms with Gasteiger partial charge in [0.15, 0.2) is 0 Å². The first-order chi connectivity index (χ1) is 19.9. The van der Waals surface area contributed by atoms with Crippen LogP contribution in [0.3, 0.4) is 0 Å². The van der Waals surface area contributed by atoms with Crippen LogP contribution in [0.15, 0.2) is 78.9 Å². The van der Waals surface area contributed by atoms with Crippen molar-refractivity contribution < 1.29 is 20.1 Å². The summed E-state index contributed by atoms with van der Waals surface area (Å²) >= 11 is 2.00. The van der Waals surface area contributed by atoms with Crippen LogP contribution in [0.1, 0.15) is 87.2 Å². The molecule has 4 aromatic carbocycles. The van der Waals surface area contributed by atoms with E-state index in [2.05, 4.69) is 83.4 Å². The van der Waals surface area contributed by atoms with Gasteiger partial charge < -0.3 is 4.57 Å². The standard InChI is InChI=1S/C37H35N2S.Ir/c1-4-14-25(15-5-1)29-24-33-35(28-20-10-13-23-32(28)40-33)34(26-16-6-2-7-17-26)36(29)39-31-22-12-11-21-30(31)38-37(39)27-18-8-3-9-19-27;/h3,8-13,18,20-26H,1-2,4-7,14-17H2;/q-1;. The summed E-state index contributed by atoms with van der Waals surface area (Å²) in [5.41, 5.74) is 7.93. The molecule has 6 aromatic rings. The third kappa shape index (κ3) is 4.69. The Hall–Kier alpha value is -2.78. The van der Waals surface area contributed by atoms with E-state index in [4.69, 9.17) is 4.98 Å². The smallest absolute Gasteiger partial charge is 0.0774 e. The molecule has 2 aliphatic carbocycles. The summed E-state index contributed by atoms with van der Waals surface area (Å²) < 4.78 is 5.44. The number of hydrogen-bond acceptors (Lipinski definition) is 2. The van der Waals surface area contributed by atoms with Gasteiger partial charge in [0.1, 0.15) is 0 Å². The second kappa shape index (κ2) is 11.5. The predicted molar refractivity (Wildman–Crippen MR) is 170 cm³/mol. The molecule has 2 saturated carbocycles. The molecule has 0 atom stereocenters. The molecule has 0 spiro atoms. The number of hydrogen-bond donors (Lipinski definition) is 0. The van der Waals surface area contributed by atoms with Gasteiger partial charge in [-0.15, -0.1) is 47.2 Å². The third-order valence-corrected chi connectivity index (χ3v) is 10.6. The van der Waals surface area contributed by atoms with Crippen molar-refractivity contribution in [2.24, 2.45) is 0 Å². The Labute approximate surface area is 260 Å². The molecular weight excluding hydrogens is 697 g/mol. The summed E-state index contributed by atoms with van der Waals surface area (Å²) in [6.07, 6.45) is 13.2. The van der Waals surface area contributed by atoms with Crippen LogP contribution in [0.5, 0.6) is 0 Å². The molecule has 2 aromatic heterocycles. The first-order valence-corrected chi connectivity index (χ1v) is 16.1. The fourth-order valence-electron chi connectivity index (χ4n) is 7.66. The quantitative estimate of drug-likeness (QED) is 0.165. The van der Waals surface area contributed by atoms with Gasteiger partial charge in [-0.05, 0) is 72.9 Å². The summed E-state index contributed by atoms with van der Waals surface area (Å²) in [7, 11) is 0. The van der Waals surface area contributed by atoms with Crippen molar-refractivity contribution in [3.63, 3.8) is 0 Å². The minimum atomic E-state index is 0. The Morgan fingerprint density at radius 1 is 0.732 bits per heavy atom. The minimum absolute atomic E-state index is 0. The molecule has 209 valence electrons. The minimum Gasteiger partial charge on any atom is -0.333 e. The van der Waals surface area contributed by atoms with Crippen LogP contribution in [0, 0.1) is 6.07 Å². The van der Waals surface area contributed by atoms with E-state index in [0.717, 1.165) is 16.9 Å². The van der Waals surface area contributed by atoms with Gasteiger partial charge in [-0.2, -0.15) is 0 Å². The summed E-state index contributed by atoms with van der Waals surface area (Å²) in [6, 6.07) is 32.4. The number of imidazole rings is 1. The van der Waals surface area contributed by atoms with Gasteiger partial charge in [-0.25, -0.2) is 0 Å². The van der Waals surface area contributed by atoms with Crippen LogP contribution < -0.4 is 0 Å². The molecule has 0 saturated heterocycles. The number of rotatable bonds is 4. The van der Waals surface area contributed by atoms with Crippen molar-refractivity contribution >= 4 is 42.5 Å². The number of nitrogens with zero attached hydrogens (tertiary/aromatic N) is 2. The number of benzene rings is 4. The van der Waals surface area contributed by atoms with Gasteiger partial charge in [0.2, 0.25) is 0 Å². The fourth-order valence-corrected chi connectivity index (χ4v) is 8.83. The predicted octanol–water partition coefficient (Wildman–Crippen LogP) is 11.0. The zero-order chi connectivity index (χ0) is 26.5. The van der Waals surface area contributed by atoms with Crippen molar-refractivity contribution in [3.05, 3.63) is 96.1 Å². The van der Waals surface area contributed by atoms with E-state index in [-0.39, 0.29) is 20.1 Å². The second-order valence-corrected chi connectivity index (χ2v) is 13.0. The fraction of sp³-hybridized carbons (Fsp3) is 0.324. The maximum atomic E-state index is 5.30. The number of fused-ring (bicyclic) bond motifs is 4. The largest absolute Gasteiger partial charge is 0.333 e. The number of aromatic nitrogens is 2. The van der Waals surface area contributed by atoms with Crippen LogP contribution in [0.2, 0.25) is 0 Å². The molecule has 41 heavy (non-hydrogen) atoms. The van der Waals surface area contributed by atoms with E-state index in [9.17, 15) is 0 Å². The van der Waals surface area contributed by atoms with Crippen LogP contribution in [0.25, 0.3) is 48.3 Å². The van der Waals surface area contributed by atoms with E-state index in [1.54, 1.807) is 11.1 Å². The maximum absolute atomic E-state index is 5.30. The van der Waals surface area contributed by atoms with Crippen LogP contribution in [0.4, 0.5) is 0 Å². The van der Waals surface area contributed by atoms with Gasteiger partial charge in [-0.3, -0.25) is 4.98 Å². The van der Waals surface area contributed by atoms with Gasteiger partial charge in [0.05, 0.1) is 16.9 Å². The molecule has 4 heteroatoms. The van der Waals surface area contributed by atoms with E-state index in [1.165, 1.54) is 95.6 Å². The molecule has 1 radical (unpaired) electrons. The average molecular weight is 732 g/mol. The number of para-hydroxylation sites is 2. The molecule has 2 nitrogen and oxygen atoms in total. The molecule has 0 bridgehead atoms. The maximum Gasteiger partial charge on any atom is 0.0774 e. The molecule has 2 heterocycles. The van der Waals surface area contributed by atoms with Crippen molar-refractivity contribution in [2.45, 2.75) is 76.0 Å². The molecule has 0 unspecified atom stereocenters. The van der Waals surface area contributed by atoms with Gasteiger partial charge in [0, 0.05) is 46.0 Å². The van der Waals surface area contributed by atoms with Crippen LogP contribution in [-0.4, -0.2) is 9.55 Å². The van der Waals surface area contributed by atoms with Crippen LogP contribution >= 0.6 is 11.3 Å². The van der Waals surface area contributed by atoms with E-state index >= 15 is 0 Å². The zero-order valence-corrected chi connectivity index (χ0v) is 26.6. The average Bonchev–Trinajstić information content (AvgIpc) is 3.60. The van der Waals surface area contributed by atoms with Crippen molar-refractivity contribution in [1.82, 2.24) is 9.55 Å². The van der Waals surface area contributed by atoms with Crippen molar-refractivity contribution in [1.29, 1.82) is 0 Å². The summed E-state index contributed by atoms with van der Waals surface area (Å²) in [5.74, 6) is 2.19. The summed E-state index contributed by atoms with van der Waals surface area (Å²) in [5, 5.41) is 2.93. The topological polar surface area (TPSA) is 17.8 Å². The molecule has 0 aliphatic heterocycles. The van der Waals surface area contributed by atoms with Crippen molar-refractivity contribution in [3.8, 4) is 17.1 Å². The first-order valence-electron chi connectivity index (χ1n) is 15.3. The molecule has 8 rings (SSSR count). The first kappa shape index (κ1) is 27.1. The Balaban J connectivity index is 0.00000276. The van der Waals surface area contributed by atoms with Crippen LogP contribution in [-0.2, 0) is 20.1 Å². The Bertz CT molecular complexity index is 1820. The molecule has 0 N–H and O–H groups in total. The summed E-state index contributed by atoms with van der Waals surface area (Å²) in [6.45, 7) is 0. The van der Waals surface area contributed by atoms with Gasteiger partial charge in [-0.1, -0.05) is 68.9 Å². The summed E-state index contributed by atoms with van der Waals surface area (Å²) in [4.78, 5) is 5.30. The van der Waals surface area contributed by atoms with Gasteiger partial charge >= 0.3 is 0 Å². The SMILES string of the molecule is [Ir].[c-]1ccccc1-c1nc2ccccc2n1-c1c(C2CCCCC2)cc2sc3ccccc3c2c1C1CCCCC1. The monoisotopic (exact) mass is 732 g/mol. The normalized spacial score (nSPS) is 16.9. The molecule has 0 amide bonds. The van der Waals surface area contributed by atoms with E-state index < -0.39 is 0 Å². The van der Waals surface area contributed by atoms with Crippen molar-refractivity contribution in [2.75, 3.05) is 0 Å². The molecule has 2 fully saturated rings. The Morgan fingerprint density at radius 2 is 1.44 bits per heavy atom. The second-order valence-electron chi connectivity index (χ2n) is 11.9. The van der Waals surface area contributed by atoms with Gasteiger partial charge in [0.25, 0.3) is 0 Å². The third-order valence-electron chi connectivity index (χ3n) is 9.50. The molecule has 2 aliphatic rings. The Kier molecular flexibility index (Phi) is 7.58.